The van der Waals surface area contributed by atoms with Gasteiger partial charge in [0.1, 0.15) is 5.75 Å². The van der Waals surface area contributed by atoms with Gasteiger partial charge in [-0.05, 0) is 24.6 Å². The minimum atomic E-state index is -0.675. The minimum absolute atomic E-state index is 0.0606. The monoisotopic (exact) mass is 292 g/mol. The Kier molecular flexibility index (Phi) is 4.70. The van der Waals surface area contributed by atoms with Gasteiger partial charge in [-0.15, -0.1) is 11.3 Å². The van der Waals surface area contributed by atoms with E-state index in [1.165, 1.54) is 11.3 Å². The van der Waals surface area contributed by atoms with Crippen molar-refractivity contribution in [1.82, 2.24) is 4.57 Å². The van der Waals surface area contributed by atoms with Crippen molar-refractivity contribution >= 4 is 17.2 Å². The maximum absolute atomic E-state index is 12.0. The van der Waals surface area contributed by atoms with Crippen LogP contribution in [0.2, 0.25) is 0 Å². The van der Waals surface area contributed by atoms with Gasteiger partial charge < -0.3 is 14.4 Å². The smallest absolute Gasteiger partial charge is 0.289 e. The Labute approximate surface area is 120 Å². The molecule has 0 spiro atoms. The number of nitrogens with zero attached hydrogens (tertiary/aromatic N) is 2. The number of amides is 1. The fourth-order valence-electron chi connectivity index (χ4n) is 1.59. The molecule has 0 fully saturated rings. The van der Waals surface area contributed by atoms with Crippen LogP contribution in [0.4, 0.5) is 0 Å². The van der Waals surface area contributed by atoms with Crippen molar-refractivity contribution < 1.29 is 14.6 Å². The van der Waals surface area contributed by atoms with Crippen LogP contribution in [0.25, 0.3) is 0 Å². The van der Waals surface area contributed by atoms with Crippen LogP contribution in [0.3, 0.4) is 0 Å². The molecule has 1 N–H and O–H groups in total. The zero-order valence-electron chi connectivity index (χ0n) is 11.3. The van der Waals surface area contributed by atoms with E-state index in [4.69, 9.17) is 9.84 Å². The molecule has 1 aromatic heterocycles. The maximum Gasteiger partial charge on any atom is 0.289 e. The number of aromatic nitrogens is 1. The number of aryl methyl sites for hydroxylation is 1. The minimum Gasteiger partial charge on any atom is -0.481 e. The van der Waals surface area contributed by atoms with Gasteiger partial charge in [0.2, 0.25) is 0 Å². The van der Waals surface area contributed by atoms with Gasteiger partial charge in [0.25, 0.3) is 5.91 Å². The Hall–Kier alpha value is -1.92. The predicted octanol–water partition coefficient (Wildman–Crippen LogP) is 1.47. The van der Waals surface area contributed by atoms with Gasteiger partial charge in [-0.25, -0.2) is 0 Å². The van der Waals surface area contributed by atoms with Crippen LogP contribution in [0.5, 0.6) is 5.75 Å². The van der Waals surface area contributed by atoms with E-state index in [0.717, 1.165) is 5.56 Å². The van der Waals surface area contributed by atoms with Gasteiger partial charge in [-0.1, -0.05) is 12.1 Å². The molecule has 1 unspecified atom stereocenters. The van der Waals surface area contributed by atoms with Crippen LogP contribution < -0.4 is 9.54 Å². The van der Waals surface area contributed by atoms with E-state index in [0.29, 0.717) is 10.6 Å². The zero-order chi connectivity index (χ0) is 14.5. The van der Waals surface area contributed by atoms with Gasteiger partial charge in [-0.2, -0.15) is 4.99 Å². The highest BCUT2D eigenvalue weighted by molar-refractivity contribution is 7.07. The number of benzene rings is 1. The summed E-state index contributed by atoms with van der Waals surface area (Å²) in [6.45, 7) is 1.60. The van der Waals surface area contributed by atoms with Crippen LogP contribution in [0.1, 0.15) is 12.5 Å². The fourth-order valence-corrected chi connectivity index (χ4v) is 2.33. The van der Waals surface area contributed by atoms with Crippen LogP contribution >= 0.6 is 11.3 Å². The lowest BCUT2D eigenvalue weighted by atomic mass is 10.2. The molecule has 0 radical (unpaired) electrons. The highest BCUT2D eigenvalue weighted by atomic mass is 32.1. The van der Waals surface area contributed by atoms with Gasteiger partial charge in [0, 0.05) is 18.6 Å². The molecule has 2 aromatic rings. The molecule has 5 nitrogen and oxygen atoms in total. The second-order valence-electron chi connectivity index (χ2n) is 4.31. The molecule has 106 valence electrons. The highest BCUT2D eigenvalue weighted by Gasteiger charge is 2.14. The summed E-state index contributed by atoms with van der Waals surface area (Å²) in [4.78, 5) is 16.6. The number of hydrogen-bond acceptors (Lipinski definition) is 4. The lowest BCUT2D eigenvalue weighted by molar-refractivity contribution is -0.124. The molecule has 0 aliphatic heterocycles. The van der Waals surface area contributed by atoms with Gasteiger partial charge in [-0.3, -0.25) is 4.79 Å². The average molecular weight is 292 g/mol. The summed E-state index contributed by atoms with van der Waals surface area (Å²) in [6, 6.07) is 7.01. The van der Waals surface area contributed by atoms with Crippen LogP contribution in [0.15, 0.2) is 40.8 Å². The van der Waals surface area contributed by atoms with Crippen molar-refractivity contribution in [2.24, 2.45) is 12.0 Å². The SMILES string of the molecule is CC(Oc1cccc(CO)c1)C(=O)N=c1sccn1C. The Morgan fingerprint density at radius 1 is 1.55 bits per heavy atom. The first-order chi connectivity index (χ1) is 9.60. The Balaban J connectivity index is 2.10. The third kappa shape index (κ3) is 3.55. The number of thiazole rings is 1. The first-order valence-electron chi connectivity index (χ1n) is 6.15. The van der Waals surface area contributed by atoms with Crippen LogP contribution in [-0.4, -0.2) is 21.7 Å². The number of aliphatic hydroxyl groups excluding tert-OH is 1. The van der Waals surface area contributed by atoms with E-state index in [1.54, 1.807) is 35.8 Å². The molecular weight excluding hydrogens is 276 g/mol. The highest BCUT2D eigenvalue weighted by Crippen LogP contribution is 2.15. The normalized spacial score (nSPS) is 13.2. The molecule has 6 heteroatoms. The number of hydrogen-bond donors (Lipinski definition) is 1. The van der Waals surface area contributed by atoms with Crippen LogP contribution in [-0.2, 0) is 18.4 Å². The van der Waals surface area contributed by atoms with Gasteiger partial charge in [0.15, 0.2) is 10.9 Å². The van der Waals surface area contributed by atoms with Crippen molar-refractivity contribution in [3.05, 3.63) is 46.2 Å². The molecule has 1 aromatic carbocycles. The maximum atomic E-state index is 12.0. The molecule has 1 amide bonds. The first-order valence-corrected chi connectivity index (χ1v) is 7.03. The molecule has 0 saturated heterocycles. The average Bonchev–Trinajstić information content (AvgIpc) is 2.84. The van der Waals surface area contributed by atoms with Crippen molar-refractivity contribution in [1.29, 1.82) is 0 Å². The largest absolute Gasteiger partial charge is 0.481 e. The number of rotatable bonds is 4. The molecule has 1 atom stereocenters. The van der Waals surface area contributed by atoms with Crippen molar-refractivity contribution in [3.8, 4) is 5.75 Å². The number of ether oxygens (including phenoxy) is 1. The molecule has 2 rings (SSSR count). The summed E-state index contributed by atoms with van der Waals surface area (Å²) < 4.78 is 7.33. The molecule has 1 heterocycles. The molecule has 0 aliphatic rings. The van der Waals surface area contributed by atoms with E-state index in [2.05, 4.69) is 4.99 Å². The van der Waals surface area contributed by atoms with E-state index < -0.39 is 6.10 Å². The number of aliphatic hydroxyl groups is 1. The summed E-state index contributed by atoms with van der Waals surface area (Å²) in [5.74, 6) is 0.209. The lowest BCUT2D eigenvalue weighted by Gasteiger charge is -2.11. The second-order valence-corrected chi connectivity index (χ2v) is 5.19. The van der Waals surface area contributed by atoms with E-state index in [1.807, 2.05) is 18.6 Å². The second kappa shape index (κ2) is 6.49. The summed E-state index contributed by atoms with van der Waals surface area (Å²) in [5.41, 5.74) is 0.740. The van der Waals surface area contributed by atoms with Crippen molar-refractivity contribution in [2.45, 2.75) is 19.6 Å². The van der Waals surface area contributed by atoms with E-state index in [-0.39, 0.29) is 12.5 Å². The third-order valence-corrected chi connectivity index (χ3v) is 3.56. The summed E-state index contributed by atoms with van der Waals surface area (Å²) in [5, 5.41) is 10.9. The first kappa shape index (κ1) is 14.5. The molecular formula is C14H16N2O3S. The molecule has 0 saturated carbocycles. The molecule has 0 aliphatic carbocycles. The van der Waals surface area contributed by atoms with Gasteiger partial charge >= 0.3 is 0 Å². The topological polar surface area (TPSA) is 63.8 Å². The Morgan fingerprint density at radius 3 is 3.00 bits per heavy atom. The predicted molar refractivity (Wildman–Crippen MR) is 76.3 cm³/mol. The number of carbonyl (C=O) groups is 1. The summed E-state index contributed by atoms with van der Waals surface area (Å²) in [7, 11) is 1.83. The van der Waals surface area contributed by atoms with Crippen molar-refractivity contribution in [2.75, 3.05) is 0 Å². The number of carbonyl (C=O) groups excluding carboxylic acids is 1. The quantitative estimate of drug-likeness (QED) is 0.928. The Morgan fingerprint density at radius 2 is 2.35 bits per heavy atom. The molecule has 20 heavy (non-hydrogen) atoms. The lowest BCUT2D eigenvalue weighted by Crippen LogP contribution is -2.25. The van der Waals surface area contributed by atoms with Crippen molar-refractivity contribution in [3.63, 3.8) is 0 Å². The fraction of sp³-hybridized carbons (Fsp3) is 0.286. The third-order valence-electron chi connectivity index (χ3n) is 2.71. The standard InChI is InChI=1S/C14H16N2O3S/c1-10(13(18)15-14-16(2)6-7-20-14)19-12-5-3-4-11(8-12)9-17/h3-8,10,17H,9H2,1-2H3. The summed E-state index contributed by atoms with van der Waals surface area (Å²) >= 11 is 1.39. The summed E-state index contributed by atoms with van der Waals surface area (Å²) in [6.07, 6.45) is 1.17. The Bertz CT molecular complexity index is 660. The van der Waals surface area contributed by atoms with Gasteiger partial charge in [0.05, 0.1) is 6.61 Å². The molecule has 0 bridgehead atoms. The van der Waals surface area contributed by atoms with E-state index in [9.17, 15) is 4.79 Å². The van der Waals surface area contributed by atoms with E-state index >= 15 is 0 Å². The van der Waals surface area contributed by atoms with Crippen LogP contribution in [0, 0.1) is 0 Å². The zero-order valence-corrected chi connectivity index (χ0v) is 12.1.